The predicted octanol–water partition coefficient (Wildman–Crippen LogP) is 4.36. The first-order valence-electron chi connectivity index (χ1n) is 7.90. The van der Waals surface area contributed by atoms with Gasteiger partial charge in [-0.2, -0.15) is 0 Å². The van der Waals surface area contributed by atoms with Crippen LogP contribution in [0, 0.1) is 0 Å². The lowest BCUT2D eigenvalue weighted by Gasteiger charge is -2.12. The quantitative estimate of drug-likeness (QED) is 0.611. The number of anilines is 1. The Kier molecular flexibility index (Phi) is 3.50. The zero-order chi connectivity index (χ0) is 16.5. The Balaban J connectivity index is 1.77. The average Bonchev–Trinajstić information content (AvgIpc) is 3.06. The smallest absolute Gasteiger partial charge is 0.157 e. The van der Waals surface area contributed by atoms with Gasteiger partial charge in [0.2, 0.25) is 0 Å². The Labute approximate surface area is 140 Å². The summed E-state index contributed by atoms with van der Waals surface area (Å²) in [6.45, 7) is 0. The largest absolute Gasteiger partial charge is 0.378 e. The van der Waals surface area contributed by atoms with E-state index in [1.807, 2.05) is 44.6 Å². The van der Waals surface area contributed by atoms with E-state index in [0.717, 1.165) is 39.4 Å². The first-order valence-corrected chi connectivity index (χ1v) is 7.90. The molecule has 2 aromatic heterocycles. The molecule has 2 aromatic carbocycles. The van der Waals surface area contributed by atoms with Crippen LogP contribution in [0.4, 0.5) is 5.69 Å². The van der Waals surface area contributed by atoms with Crippen LogP contribution >= 0.6 is 0 Å². The van der Waals surface area contributed by atoms with Crippen LogP contribution < -0.4 is 4.90 Å². The number of fused-ring (bicyclic) bond motifs is 1. The second-order valence-corrected chi connectivity index (χ2v) is 5.99. The molecule has 2 heterocycles. The minimum atomic E-state index is 0.805. The number of hydrogen-bond donors (Lipinski definition) is 1. The van der Waals surface area contributed by atoms with Crippen molar-refractivity contribution in [3.05, 3.63) is 66.9 Å². The fraction of sp³-hybridized carbons (Fsp3) is 0.100. The Bertz CT molecular complexity index is 987. The van der Waals surface area contributed by atoms with Gasteiger partial charge in [0, 0.05) is 37.1 Å². The number of aromatic amines is 1. The third-order valence-electron chi connectivity index (χ3n) is 4.08. The first-order chi connectivity index (χ1) is 11.7. The Hall–Kier alpha value is -3.14. The van der Waals surface area contributed by atoms with E-state index in [1.54, 1.807) is 0 Å². The highest BCUT2D eigenvalue weighted by molar-refractivity contribution is 5.81. The maximum absolute atomic E-state index is 4.73. The van der Waals surface area contributed by atoms with Crippen molar-refractivity contribution in [3.63, 3.8) is 0 Å². The molecule has 0 radical (unpaired) electrons. The molecule has 1 N–H and O–H groups in total. The van der Waals surface area contributed by atoms with Crippen LogP contribution in [0.3, 0.4) is 0 Å². The lowest BCUT2D eigenvalue weighted by atomic mass is 10.1. The van der Waals surface area contributed by atoms with Crippen molar-refractivity contribution < 1.29 is 0 Å². The van der Waals surface area contributed by atoms with Crippen molar-refractivity contribution in [3.8, 4) is 22.5 Å². The molecule has 0 saturated carbocycles. The van der Waals surface area contributed by atoms with E-state index < -0.39 is 0 Å². The number of rotatable bonds is 3. The third-order valence-corrected chi connectivity index (χ3v) is 4.08. The zero-order valence-electron chi connectivity index (χ0n) is 13.7. The van der Waals surface area contributed by atoms with Crippen LogP contribution in [0.15, 0.2) is 66.9 Å². The summed E-state index contributed by atoms with van der Waals surface area (Å²) < 4.78 is 0. The normalized spacial score (nSPS) is 10.9. The highest BCUT2D eigenvalue weighted by Crippen LogP contribution is 2.26. The van der Waals surface area contributed by atoms with Gasteiger partial charge in [-0.1, -0.05) is 42.5 Å². The summed E-state index contributed by atoms with van der Waals surface area (Å²) in [6, 6.07) is 20.6. The minimum absolute atomic E-state index is 0.805. The highest BCUT2D eigenvalue weighted by Gasteiger charge is 2.09. The summed E-state index contributed by atoms with van der Waals surface area (Å²) in [5.74, 6) is 0.839. The second kappa shape index (κ2) is 5.81. The number of hydrogen-bond acceptors (Lipinski definition) is 3. The topological polar surface area (TPSA) is 44.8 Å². The van der Waals surface area contributed by atoms with E-state index in [0.29, 0.717) is 0 Å². The molecule has 0 aliphatic rings. The van der Waals surface area contributed by atoms with Crippen molar-refractivity contribution in [2.75, 3.05) is 19.0 Å². The van der Waals surface area contributed by atoms with Gasteiger partial charge in [-0.15, -0.1) is 0 Å². The Morgan fingerprint density at radius 3 is 2.42 bits per heavy atom. The molecule has 0 bridgehead atoms. The zero-order valence-corrected chi connectivity index (χ0v) is 13.7. The predicted molar refractivity (Wildman–Crippen MR) is 99.1 cm³/mol. The molecule has 118 valence electrons. The second-order valence-electron chi connectivity index (χ2n) is 5.99. The monoisotopic (exact) mass is 314 g/mol. The van der Waals surface area contributed by atoms with Gasteiger partial charge >= 0.3 is 0 Å². The summed E-state index contributed by atoms with van der Waals surface area (Å²) >= 11 is 0. The summed E-state index contributed by atoms with van der Waals surface area (Å²) in [4.78, 5) is 14.7. The lowest BCUT2D eigenvalue weighted by molar-refractivity contribution is 1.13. The number of benzene rings is 2. The van der Waals surface area contributed by atoms with Crippen LogP contribution in [0.5, 0.6) is 0 Å². The standard InChI is InChI=1S/C20H18N4/c1-24(2)17-10-6-9-15(11-17)19-22-18-12-16(13-21-20(18)23-19)14-7-4-3-5-8-14/h3-13H,1-2H3,(H,21,22,23). The number of nitrogens with one attached hydrogen (secondary N) is 1. The molecule has 24 heavy (non-hydrogen) atoms. The molecule has 0 atom stereocenters. The van der Waals surface area contributed by atoms with Crippen LogP contribution in [0.2, 0.25) is 0 Å². The molecule has 4 aromatic rings. The minimum Gasteiger partial charge on any atom is -0.378 e. The molecule has 0 aliphatic heterocycles. The average molecular weight is 314 g/mol. The summed E-state index contributed by atoms with van der Waals surface area (Å²) in [7, 11) is 4.07. The van der Waals surface area contributed by atoms with Crippen LogP contribution in [0.25, 0.3) is 33.7 Å². The van der Waals surface area contributed by atoms with Gasteiger partial charge in [-0.05, 0) is 23.8 Å². The number of nitrogens with zero attached hydrogens (tertiary/aromatic N) is 3. The van der Waals surface area contributed by atoms with E-state index in [1.165, 1.54) is 0 Å². The summed E-state index contributed by atoms with van der Waals surface area (Å²) in [5.41, 5.74) is 6.10. The van der Waals surface area contributed by atoms with Gasteiger partial charge in [0.05, 0.1) is 0 Å². The van der Waals surface area contributed by atoms with Gasteiger partial charge in [-0.3, -0.25) is 0 Å². The van der Waals surface area contributed by atoms with Crippen molar-refractivity contribution in [1.29, 1.82) is 0 Å². The van der Waals surface area contributed by atoms with Gasteiger partial charge < -0.3 is 9.88 Å². The molecular formula is C20H18N4. The van der Waals surface area contributed by atoms with Gasteiger partial charge in [0.1, 0.15) is 11.3 Å². The van der Waals surface area contributed by atoms with E-state index in [9.17, 15) is 0 Å². The molecule has 0 amide bonds. The van der Waals surface area contributed by atoms with Gasteiger partial charge in [0.15, 0.2) is 5.65 Å². The summed E-state index contributed by atoms with van der Waals surface area (Å²) in [6.07, 6.45) is 1.88. The lowest BCUT2D eigenvalue weighted by Crippen LogP contribution is -2.08. The molecule has 4 heteroatoms. The Morgan fingerprint density at radius 2 is 1.62 bits per heavy atom. The van der Waals surface area contributed by atoms with Crippen LogP contribution in [0.1, 0.15) is 0 Å². The van der Waals surface area contributed by atoms with Crippen molar-refractivity contribution in [2.45, 2.75) is 0 Å². The van der Waals surface area contributed by atoms with Gasteiger partial charge in [0.25, 0.3) is 0 Å². The van der Waals surface area contributed by atoms with Crippen LogP contribution in [-0.4, -0.2) is 29.0 Å². The number of pyridine rings is 1. The fourth-order valence-electron chi connectivity index (χ4n) is 2.75. The SMILES string of the molecule is CN(C)c1cccc(-c2nc3cc(-c4ccccc4)cnc3[nH]2)c1. The third kappa shape index (κ3) is 2.63. The van der Waals surface area contributed by atoms with Crippen molar-refractivity contribution in [1.82, 2.24) is 15.0 Å². The Morgan fingerprint density at radius 1 is 0.833 bits per heavy atom. The van der Waals surface area contributed by atoms with E-state index in [4.69, 9.17) is 4.98 Å². The first kappa shape index (κ1) is 14.5. The molecule has 4 nitrogen and oxygen atoms in total. The molecular weight excluding hydrogens is 296 g/mol. The number of imidazole rings is 1. The summed E-state index contributed by atoms with van der Waals surface area (Å²) in [5, 5.41) is 0. The number of aromatic nitrogens is 3. The molecule has 4 rings (SSSR count). The van der Waals surface area contributed by atoms with Crippen LogP contribution in [-0.2, 0) is 0 Å². The van der Waals surface area contributed by atoms with Crippen molar-refractivity contribution >= 4 is 16.9 Å². The van der Waals surface area contributed by atoms with E-state index in [2.05, 4.69) is 51.3 Å². The molecule has 0 unspecified atom stereocenters. The maximum Gasteiger partial charge on any atom is 0.157 e. The van der Waals surface area contributed by atoms with E-state index in [-0.39, 0.29) is 0 Å². The molecule has 0 fully saturated rings. The number of H-pyrrole nitrogens is 1. The van der Waals surface area contributed by atoms with Gasteiger partial charge in [-0.25, -0.2) is 9.97 Å². The van der Waals surface area contributed by atoms with Crippen molar-refractivity contribution in [2.24, 2.45) is 0 Å². The highest BCUT2D eigenvalue weighted by atomic mass is 15.1. The van der Waals surface area contributed by atoms with E-state index >= 15 is 0 Å². The molecule has 0 spiro atoms. The maximum atomic E-state index is 4.73. The fourth-order valence-corrected chi connectivity index (χ4v) is 2.75. The molecule has 0 saturated heterocycles. The molecule has 0 aliphatic carbocycles.